The van der Waals surface area contributed by atoms with E-state index in [1.54, 1.807) is 0 Å². The monoisotopic (exact) mass is 597 g/mol. The summed E-state index contributed by atoms with van der Waals surface area (Å²) in [5.74, 6) is 2.78. The highest BCUT2D eigenvalue weighted by atomic mass is 15.0. The summed E-state index contributed by atoms with van der Waals surface area (Å²) in [6.07, 6.45) is 0. The average Bonchev–Trinajstić information content (AvgIpc) is 3.08. The fourth-order valence-electron chi connectivity index (χ4n) is 5.72. The Bertz CT molecular complexity index is 2080. The number of hydrogen-bond donors (Lipinski definition) is 0. The number of rotatable bonds is 6. The van der Waals surface area contributed by atoms with E-state index < -0.39 is 0 Å². The van der Waals surface area contributed by atoms with Crippen molar-refractivity contribution in [2.45, 2.75) is 27.7 Å². The smallest absolute Gasteiger partial charge is 0.165 e. The Labute approximate surface area is 268 Å². The maximum absolute atomic E-state index is 5.16. The topological polar surface area (TPSA) is 90.2 Å². The highest BCUT2D eigenvalue weighted by Crippen LogP contribution is 2.43. The Morgan fingerprint density at radius 3 is 1.13 bits per heavy atom. The lowest BCUT2D eigenvalue weighted by Gasteiger charge is -2.19. The molecule has 0 saturated carbocycles. The van der Waals surface area contributed by atoms with Crippen LogP contribution in [0.4, 0.5) is 0 Å². The van der Waals surface area contributed by atoms with E-state index in [-0.39, 0.29) is 0 Å². The van der Waals surface area contributed by atoms with E-state index in [9.17, 15) is 0 Å². The van der Waals surface area contributed by atoms with Crippen molar-refractivity contribution in [3.63, 3.8) is 0 Å². The zero-order chi connectivity index (χ0) is 31.6. The Hall–Kier alpha value is -5.95. The van der Waals surface area contributed by atoms with Crippen LogP contribution in [0.15, 0.2) is 115 Å². The molecule has 7 heteroatoms. The molecule has 222 valence electrons. The third-order valence-corrected chi connectivity index (χ3v) is 7.64. The van der Waals surface area contributed by atoms with E-state index in [0.717, 1.165) is 61.7 Å². The number of benzene rings is 4. The van der Waals surface area contributed by atoms with Crippen LogP contribution in [0.1, 0.15) is 22.8 Å². The summed E-state index contributed by atoms with van der Waals surface area (Å²) in [5, 5.41) is 0. The first kappa shape index (κ1) is 28.8. The van der Waals surface area contributed by atoms with Crippen LogP contribution in [-0.4, -0.2) is 34.9 Å². The zero-order valence-electron chi connectivity index (χ0n) is 26.1. The van der Waals surface area contributed by atoms with Crippen molar-refractivity contribution in [1.29, 1.82) is 0 Å². The van der Waals surface area contributed by atoms with Gasteiger partial charge < -0.3 is 0 Å². The molecule has 0 radical (unpaired) electrons. The number of hydrogen-bond acceptors (Lipinski definition) is 7. The normalized spacial score (nSPS) is 11.0. The van der Waals surface area contributed by atoms with Gasteiger partial charge in [-0.05, 0) is 57.0 Å². The number of aryl methyl sites for hydroxylation is 4. The minimum absolute atomic E-state index is 0.487. The second-order valence-corrected chi connectivity index (χ2v) is 11.3. The maximum atomic E-state index is 5.16. The van der Waals surface area contributed by atoms with Crippen LogP contribution < -0.4 is 0 Å². The van der Waals surface area contributed by atoms with Gasteiger partial charge in [0.25, 0.3) is 0 Å². The lowest BCUT2D eigenvalue weighted by Crippen LogP contribution is -2.06. The molecule has 0 N–H and O–H groups in total. The molecular weight excluding hydrogens is 566 g/mol. The molecule has 0 fully saturated rings. The SMILES string of the molecule is Cc1cc(C)nc(-c2ccc(-c3ccccc3)c(-c3nc(C)cc(C)n3)c2-c2nc(-c3ccccc3)nc(-c3ccccc3)n2)n1. The molecule has 3 aromatic heterocycles. The van der Waals surface area contributed by atoms with Crippen molar-refractivity contribution in [2.75, 3.05) is 0 Å². The minimum Gasteiger partial charge on any atom is -0.233 e. The molecule has 7 rings (SSSR count). The summed E-state index contributed by atoms with van der Waals surface area (Å²) >= 11 is 0. The molecule has 0 saturated heterocycles. The fourth-order valence-corrected chi connectivity index (χ4v) is 5.72. The lowest BCUT2D eigenvalue weighted by atomic mass is 9.90. The van der Waals surface area contributed by atoms with Crippen molar-refractivity contribution < 1.29 is 0 Å². The zero-order valence-corrected chi connectivity index (χ0v) is 26.1. The van der Waals surface area contributed by atoms with Crippen LogP contribution in [0.2, 0.25) is 0 Å². The molecule has 0 amide bonds. The molecule has 7 nitrogen and oxygen atoms in total. The maximum Gasteiger partial charge on any atom is 0.165 e. The molecule has 0 bridgehead atoms. The third kappa shape index (κ3) is 5.78. The first-order chi connectivity index (χ1) is 22.4. The van der Waals surface area contributed by atoms with Gasteiger partial charge in [-0.25, -0.2) is 34.9 Å². The second kappa shape index (κ2) is 12.2. The van der Waals surface area contributed by atoms with Gasteiger partial charge >= 0.3 is 0 Å². The first-order valence-electron chi connectivity index (χ1n) is 15.2. The molecule has 0 aliphatic carbocycles. The molecular formula is C39H31N7. The summed E-state index contributed by atoms with van der Waals surface area (Å²) < 4.78 is 0. The Morgan fingerprint density at radius 2 is 0.652 bits per heavy atom. The lowest BCUT2D eigenvalue weighted by molar-refractivity contribution is 1.04. The van der Waals surface area contributed by atoms with Crippen LogP contribution in [-0.2, 0) is 0 Å². The van der Waals surface area contributed by atoms with Gasteiger partial charge in [0, 0.05) is 50.6 Å². The van der Waals surface area contributed by atoms with Crippen LogP contribution in [0.25, 0.3) is 68.1 Å². The number of aromatic nitrogens is 7. The van der Waals surface area contributed by atoms with Crippen molar-refractivity contribution in [1.82, 2.24) is 34.9 Å². The molecule has 46 heavy (non-hydrogen) atoms. The van der Waals surface area contributed by atoms with Crippen molar-refractivity contribution in [3.05, 3.63) is 138 Å². The van der Waals surface area contributed by atoms with E-state index in [1.165, 1.54) is 0 Å². The van der Waals surface area contributed by atoms with Gasteiger partial charge in [0.1, 0.15) is 0 Å². The summed E-state index contributed by atoms with van der Waals surface area (Å²) in [6.45, 7) is 7.93. The van der Waals surface area contributed by atoms with Gasteiger partial charge in [0.2, 0.25) is 0 Å². The predicted octanol–water partition coefficient (Wildman–Crippen LogP) is 8.69. The quantitative estimate of drug-likeness (QED) is 0.189. The van der Waals surface area contributed by atoms with Crippen molar-refractivity contribution in [2.24, 2.45) is 0 Å². The van der Waals surface area contributed by atoms with Gasteiger partial charge in [-0.3, -0.25) is 0 Å². The van der Waals surface area contributed by atoms with E-state index in [4.69, 9.17) is 34.9 Å². The minimum atomic E-state index is 0.487. The van der Waals surface area contributed by atoms with Crippen LogP contribution in [0, 0.1) is 27.7 Å². The molecule has 3 heterocycles. The van der Waals surface area contributed by atoms with Crippen LogP contribution in [0.3, 0.4) is 0 Å². The van der Waals surface area contributed by atoms with E-state index in [0.29, 0.717) is 29.1 Å². The standard InChI is InChI=1S/C39H31N7/c1-24-22-25(2)41-37(40-24)32-21-20-31(28-14-8-5-9-15-28)33(38-42-26(3)23-27(4)43-38)34(32)39-45-35(29-16-10-6-11-17-29)44-36(46-39)30-18-12-7-13-19-30/h5-23H,1-4H3. The van der Waals surface area contributed by atoms with Crippen molar-refractivity contribution in [3.8, 4) is 68.1 Å². The Balaban J connectivity index is 1.65. The fraction of sp³-hybridized carbons (Fsp3) is 0.103. The highest BCUT2D eigenvalue weighted by Gasteiger charge is 2.26. The van der Waals surface area contributed by atoms with Gasteiger partial charge in [-0.1, -0.05) is 97.1 Å². The Kier molecular flexibility index (Phi) is 7.64. The third-order valence-electron chi connectivity index (χ3n) is 7.64. The van der Waals surface area contributed by atoms with Gasteiger partial charge in [0.05, 0.1) is 0 Å². The average molecular weight is 598 g/mol. The van der Waals surface area contributed by atoms with E-state index in [2.05, 4.69) is 24.3 Å². The molecule has 0 aliphatic rings. The van der Waals surface area contributed by atoms with Crippen molar-refractivity contribution >= 4 is 0 Å². The van der Waals surface area contributed by atoms with Gasteiger partial charge in [-0.2, -0.15) is 0 Å². The van der Waals surface area contributed by atoms with Gasteiger partial charge in [-0.15, -0.1) is 0 Å². The molecule has 0 unspecified atom stereocenters. The molecule has 0 spiro atoms. The van der Waals surface area contributed by atoms with Gasteiger partial charge in [0.15, 0.2) is 29.1 Å². The van der Waals surface area contributed by atoms with Crippen LogP contribution in [0.5, 0.6) is 0 Å². The van der Waals surface area contributed by atoms with Crippen LogP contribution >= 0.6 is 0 Å². The summed E-state index contributed by atoms with van der Waals surface area (Å²) in [4.78, 5) is 35.1. The molecule has 4 aromatic carbocycles. The molecule has 7 aromatic rings. The molecule has 0 atom stereocenters. The second-order valence-electron chi connectivity index (χ2n) is 11.3. The first-order valence-corrected chi connectivity index (χ1v) is 15.2. The predicted molar refractivity (Wildman–Crippen MR) is 183 cm³/mol. The summed E-state index contributed by atoms with van der Waals surface area (Å²) in [7, 11) is 0. The Morgan fingerprint density at radius 1 is 0.304 bits per heavy atom. The number of nitrogens with zero attached hydrogens (tertiary/aromatic N) is 7. The summed E-state index contributed by atoms with van der Waals surface area (Å²) in [5.41, 5.74) is 9.56. The largest absolute Gasteiger partial charge is 0.233 e. The molecule has 0 aliphatic heterocycles. The van der Waals surface area contributed by atoms with E-state index >= 15 is 0 Å². The highest BCUT2D eigenvalue weighted by molar-refractivity contribution is 5.98. The van der Waals surface area contributed by atoms with E-state index in [1.807, 2.05) is 119 Å². The summed E-state index contributed by atoms with van der Waals surface area (Å²) in [6, 6.07) is 38.3.